The van der Waals surface area contributed by atoms with Crippen LogP contribution in [0.15, 0.2) is 12.1 Å². The maximum atomic E-state index is 6.78. The lowest BCUT2D eigenvalue weighted by Crippen LogP contribution is -2.63. The molecule has 0 N–H and O–H groups in total. The normalized spacial score (nSPS) is 34.8. The van der Waals surface area contributed by atoms with Gasteiger partial charge in [-0.15, -0.1) is 0 Å². The van der Waals surface area contributed by atoms with Crippen LogP contribution in [0.5, 0.6) is 17.2 Å². The van der Waals surface area contributed by atoms with E-state index in [-0.39, 0.29) is 16.7 Å². The van der Waals surface area contributed by atoms with Gasteiger partial charge < -0.3 is 28.4 Å². The fourth-order valence-electron chi connectivity index (χ4n) is 7.66. The Morgan fingerprint density at radius 2 is 1.81 bits per heavy atom. The molecule has 5 rings (SSSR count). The number of thiocarbonyl (C=S) groups is 1. The van der Waals surface area contributed by atoms with Crippen LogP contribution in [-0.4, -0.2) is 42.5 Å². The van der Waals surface area contributed by atoms with Gasteiger partial charge in [-0.3, -0.25) is 0 Å². The summed E-state index contributed by atoms with van der Waals surface area (Å²) >= 11 is 7.15. The number of fused-ring (bicyclic) bond motifs is 3. The predicted molar refractivity (Wildman–Crippen MR) is 145 cm³/mol. The van der Waals surface area contributed by atoms with Gasteiger partial charge in [-0.2, -0.15) is 0 Å². The molecule has 6 nitrogen and oxygen atoms in total. The summed E-state index contributed by atoms with van der Waals surface area (Å²) in [6.07, 6.45) is 6.75. The average molecular weight is 537 g/mol. The van der Waals surface area contributed by atoms with Gasteiger partial charge in [0.05, 0.1) is 25.9 Å². The molecule has 0 aromatic heterocycles. The molecule has 1 saturated heterocycles. The first-order valence-corrected chi connectivity index (χ1v) is 14.8. The van der Waals surface area contributed by atoms with Crippen molar-refractivity contribution in [1.82, 2.24) is 0 Å². The van der Waals surface area contributed by atoms with Gasteiger partial charge >= 0.3 is 0 Å². The predicted octanol–water partition coefficient (Wildman–Crippen LogP) is 6.89. The smallest absolute Gasteiger partial charge is 0.246 e. The number of hydrogen-bond acceptors (Lipinski definition) is 8. The largest absolute Gasteiger partial charge is 0.496 e. The van der Waals surface area contributed by atoms with E-state index in [0.29, 0.717) is 35.0 Å². The second kappa shape index (κ2) is 9.21. The number of hydrogen-bond donors (Lipinski definition) is 0. The Hall–Kier alpha value is -1.22. The van der Waals surface area contributed by atoms with Crippen molar-refractivity contribution in [2.24, 2.45) is 22.7 Å². The highest BCUT2D eigenvalue weighted by molar-refractivity contribution is 8.22. The molecule has 2 saturated carbocycles. The van der Waals surface area contributed by atoms with Gasteiger partial charge in [0, 0.05) is 31.1 Å². The van der Waals surface area contributed by atoms with E-state index in [2.05, 4.69) is 20.8 Å². The van der Waals surface area contributed by atoms with Crippen LogP contribution >= 0.6 is 24.0 Å². The average Bonchev–Trinajstić information content (AvgIpc) is 3.44. The molecule has 1 aromatic carbocycles. The standard InChI is InChI=1S/C28H40O6S2/c1-17-12-14-26(4)20(9-8-13-28(26)30-15-16-31-28)27(17,5)23(32-24(35)36-7)21-18(29-6)10-11-19-22(21)34-25(2,3)33-19/h10-11,17,20,23H,8-9,12-16H2,1-7H3/t17-,20+,23?,26-,27+/m0/s1. The van der Waals surface area contributed by atoms with Crippen LogP contribution in [0.2, 0.25) is 0 Å². The van der Waals surface area contributed by atoms with E-state index in [1.807, 2.05) is 32.2 Å². The highest BCUT2D eigenvalue weighted by Gasteiger charge is 2.67. The summed E-state index contributed by atoms with van der Waals surface area (Å²) in [6.45, 7) is 12.3. The number of methoxy groups -OCH3 is 1. The molecule has 1 aromatic rings. The molecule has 3 fully saturated rings. The number of thioether (sulfide) groups is 1. The van der Waals surface area contributed by atoms with E-state index in [9.17, 15) is 0 Å². The highest BCUT2D eigenvalue weighted by Crippen LogP contribution is 2.69. The first-order valence-electron chi connectivity index (χ1n) is 13.1. The van der Waals surface area contributed by atoms with Gasteiger partial charge in [-0.05, 0) is 68.1 Å². The fraction of sp³-hybridized carbons (Fsp3) is 0.750. The molecule has 1 spiro atoms. The molecule has 8 heteroatoms. The summed E-state index contributed by atoms with van der Waals surface area (Å²) < 4.78 is 38.7. The summed E-state index contributed by atoms with van der Waals surface area (Å²) in [4.78, 5) is 0. The lowest BCUT2D eigenvalue weighted by Gasteiger charge is -2.64. The third-order valence-corrected chi connectivity index (χ3v) is 10.6. The van der Waals surface area contributed by atoms with Crippen molar-refractivity contribution in [2.45, 2.75) is 84.4 Å². The molecule has 36 heavy (non-hydrogen) atoms. The van der Waals surface area contributed by atoms with Gasteiger partial charge in [-0.1, -0.05) is 32.5 Å². The molecule has 5 atom stereocenters. The molecular weight excluding hydrogens is 496 g/mol. The topological polar surface area (TPSA) is 55.4 Å². The Morgan fingerprint density at radius 3 is 2.47 bits per heavy atom. The third kappa shape index (κ3) is 3.85. The van der Waals surface area contributed by atoms with E-state index in [1.54, 1.807) is 7.11 Å². The van der Waals surface area contributed by atoms with Crippen molar-refractivity contribution >= 4 is 28.4 Å². The van der Waals surface area contributed by atoms with E-state index >= 15 is 0 Å². The zero-order valence-corrected chi connectivity index (χ0v) is 24.2. The van der Waals surface area contributed by atoms with Gasteiger partial charge in [0.25, 0.3) is 0 Å². The van der Waals surface area contributed by atoms with E-state index < -0.39 is 17.7 Å². The van der Waals surface area contributed by atoms with Crippen LogP contribution in [0.4, 0.5) is 0 Å². The third-order valence-electron chi connectivity index (χ3n) is 9.55. The van der Waals surface area contributed by atoms with Gasteiger partial charge in [0.1, 0.15) is 11.9 Å². The quantitative estimate of drug-likeness (QED) is 0.386. The van der Waals surface area contributed by atoms with Gasteiger partial charge in [0.15, 0.2) is 17.3 Å². The Bertz CT molecular complexity index is 1020. The minimum absolute atomic E-state index is 0.145. The molecule has 0 bridgehead atoms. The molecule has 2 heterocycles. The van der Waals surface area contributed by atoms with Crippen molar-refractivity contribution < 1.29 is 28.4 Å². The zero-order chi connectivity index (χ0) is 25.9. The Labute approximate surface area is 225 Å². The summed E-state index contributed by atoms with van der Waals surface area (Å²) in [5, 5.41) is 0. The molecule has 2 aliphatic carbocycles. The number of benzene rings is 1. The van der Waals surface area contributed by atoms with Crippen LogP contribution < -0.4 is 14.2 Å². The van der Waals surface area contributed by atoms with Gasteiger partial charge in [-0.25, -0.2) is 0 Å². The minimum Gasteiger partial charge on any atom is -0.496 e. The summed E-state index contributed by atoms with van der Waals surface area (Å²) in [6, 6.07) is 3.88. The Balaban J connectivity index is 1.70. The molecule has 200 valence electrons. The SMILES string of the molecule is COc1ccc2c(c1C(OC(=S)SC)[C@]1(C)[C@@H](C)CC[C@@]3(C)[C@H]1CCCC31OCCO1)OC(C)(C)O2. The van der Waals surface area contributed by atoms with Crippen molar-refractivity contribution in [1.29, 1.82) is 0 Å². The van der Waals surface area contributed by atoms with Crippen LogP contribution in [0.3, 0.4) is 0 Å². The maximum Gasteiger partial charge on any atom is 0.246 e. The van der Waals surface area contributed by atoms with Crippen LogP contribution in [0, 0.1) is 22.7 Å². The lowest BCUT2D eigenvalue weighted by molar-refractivity contribution is -0.304. The van der Waals surface area contributed by atoms with Crippen molar-refractivity contribution in [3.05, 3.63) is 17.7 Å². The maximum absolute atomic E-state index is 6.78. The summed E-state index contributed by atoms with van der Waals surface area (Å²) in [5.41, 5.74) is 0.435. The molecule has 2 aliphatic heterocycles. The van der Waals surface area contributed by atoms with Crippen molar-refractivity contribution in [2.75, 3.05) is 26.6 Å². The molecule has 4 aliphatic rings. The summed E-state index contributed by atoms with van der Waals surface area (Å²) in [5.74, 6) is 1.45. The molecule has 0 radical (unpaired) electrons. The Kier molecular flexibility index (Phi) is 6.75. The number of ether oxygens (including phenoxy) is 6. The van der Waals surface area contributed by atoms with E-state index in [1.165, 1.54) is 11.8 Å². The van der Waals surface area contributed by atoms with Crippen LogP contribution in [0.25, 0.3) is 0 Å². The summed E-state index contributed by atoms with van der Waals surface area (Å²) in [7, 11) is 1.70. The second-order valence-electron chi connectivity index (χ2n) is 11.7. The first-order chi connectivity index (χ1) is 17.0. The first kappa shape index (κ1) is 26.4. The van der Waals surface area contributed by atoms with Crippen molar-refractivity contribution in [3.8, 4) is 17.2 Å². The molecule has 0 amide bonds. The monoisotopic (exact) mass is 536 g/mol. The van der Waals surface area contributed by atoms with Crippen LogP contribution in [-0.2, 0) is 14.2 Å². The highest BCUT2D eigenvalue weighted by atomic mass is 32.2. The lowest BCUT2D eigenvalue weighted by atomic mass is 9.44. The van der Waals surface area contributed by atoms with E-state index in [0.717, 1.165) is 43.4 Å². The Morgan fingerprint density at radius 1 is 1.08 bits per heavy atom. The number of rotatable bonds is 4. The second-order valence-corrected chi connectivity index (χ2v) is 13.1. The zero-order valence-electron chi connectivity index (χ0n) is 22.6. The van der Waals surface area contributed by atoms with Crippen LogP contribution in [0.1, 0.15) is 78.4 Å². The molecule has 1 unspecified atom stereocenters. The van der Waals surface area contributed by atoms with Gasteiger partial charge in [0.2, 0.25) is 10.2 Å². The van der Waals surface area contributed by atoms with Crippen molar-refractivity contribution in [3.63, 3.8) is 0 Å². The fourth-order valence-corrected chi connectivity index (χ4v) is 7.95. The van der Waals surface area contributed by atoms with E-state index in [4.69, 9.17) is 40.6 Å². The molecular formula is C28H40O6S2. The minimum atomic E-state index is -0.776.